The number of hydrogen-bond acceptors (Lipinski definition) is 5. The predicted octanol–water partition coefficient (Wildman–Crippen LogP) is 4.89. The van der Waals surface area contributed by atoms with E-state index < -0.39 is 15.8 Å². The molecule has 1 aliphatic carbocycles. The number of halogens is 1. The van der Waals surface area contributed by atoms with Gasteiger partial charge in [-0.25, -0.2) is 17.8 Å². The monoisotopic (exact) mass is 473 g/mol. The Bertz CT molecular complexity index is 1660. The highest BCUT2D eigenvalue weighted by Gasteiger charge is 2.35. The van der Waals surface area contributed by atoms with E-state index in [0.717, 1.165) is 22.2 Å². The Morgan fingerprint density at radius 2 is 1.82 bits per heavy atom. The number of aryl methyl sites for hydroxylation is 1. The molecule has 1 fully saturated rings. The molecule has 0 bridgehead atoms. The fourth-order valence-corrected chi connectivity index (χ4v) is 5.69. The molecule has 0 saturated heterocycles. The quantitative estimate of drug-likeness (QED) is 0.392. The number of sulfonamides is 1. The highest BCUT2D eigenvalue weighted by Crippen LogP contribution is 2.38. The van der Waals surface area contributed by atoms with Gasteiger partial charge in [-0.3, -0.25) is 14.7 Å². The maximum atomic E-state index is 15.2. The lowest BCUT2D eigenvalue weighted by molar-refractivity contribution is 0.600. The number of benzene rings is 1. The molecule has 1 aromatic carbocycles. The van der Waals surface area contributed by atoms with Crippen LogP contribution in [0.15, 0.2) is 67.3 Å². The Kier molecular flexibility index (Phi) is 4.63. The second-order valence-corrected chi connectivity index (χ2v) is 10.5. The number of anilines is 1. The van der Waals surface area contributed by atoms with Crippen LogP contribution in [0.3, 0.4) is 0 Å². The van der Waals surface area contributed by atoms with Crippen LogP contribution in [0.4, 0.5) is 10.1 Å². The Balaban J connectivity index is 1.51. The first-order chi connectivity index (χ1) is 16.4. The lowest BCUT2D eigenvalue weighted by Gasteiger charge is -2.10. The van der Waals surface area contributed by atoms with Crippen LogP contribution in [0.2, 0.25) is 0 Å². The van der Waals surface area contributed by atoms with Crippen molar-refractivity contribution in [3.8, 4) is 22.4 Å². The molecule has 0 spiro atoms. The van der Waals surface area contributed by atoms with Crippen molar-refractivity contribution < 1.29 is 12.8 Å². The van der Waals surface area contributed by atoms with Crippen LogP contribution >= 0.6 is 0 Å². The summed E-state index contributed by atoms with van der Waals surface area (Å²) in [5.41, 5.74) is 4.56. The van der Waals surface area contributed by atoms with Crippen LogP contribution in [0.5, 0.6) is 0 Å². The van der Waals surface area contributed by atoms with Crippen LogP contribution in [-0.4, -0.2) is 33.2 Å². The van der Waals surface area contributed by atoms with Gasteiger partial charge in [0.2, 0.25) is 10.0 Å². The molecular formula is C25H20FN5O2S. The van der Waals surface area contributed by atoms with Crippen LogP contribution in [0.1, 0.15) is 12.8 Å². The average molecular weight is 474 g/mol. The van der Waals surface area contributed by atoms with Gasteiger partial charge in [0.05, 0.1) is 28.9 Å². The van der Waals surface area contributed by atoms with Crippen molar-refractivity contribution in [3.63, 3.8) is 0 Å². The van der Waals surface area contributed by atoms with Crippen molar-refractivity contribution in [2.24, 2.45) is 7.05 Å². The molecule has 1 N–H and O–H groups in total. The summed E-state index contributed by atoms with van der Waals surface area (Å²) in [6.07, 6.45) is 7.79. The van der Waals surface area contributed by atoms with Crippen molar-refractivity contribution in [1.82, 2.24) is 19.5 Å². The van der Waals surface area contributed by atoms with E-state index in [2.05, 4.69) is 19.7 Å². The molecule has 9 heteroatoms. The van der Waals surface area contributed by atoms with E-state index in [1.165, 1.54) is 6.20 Å². The van der Waals surface area contributed by atoms with Crippen molar-refractivity contribution in [2.75, 3.05) is 4.72 Å². The normalized spacial score (nSPS) is 14.1. The maximum absolute atomic E-state index is 15.2. The highest BCUT2D eigenvalue weighted by atomic mass is 32.2. The number of pyridine rings is 3. The molecule has 7 nitrogen and oxygen atoms in total. The van der Waals surface area contributed by atoms with Crippen LogP contribution in [-0.2, 0) is 17.1 Å². The Hall–Kier alpha value is -3.85. The second kappa shape index (κ2) is 7.59. The van der Waals surface area contributed by atoms with Crippen molar-refractivity contribution in [1.29, 1.82) is 0 Å². The molecule has 4 heterocycles. The number of rotatable bonds is 5. The van der Waals surface area contributed by atoms with Gasteiger partial charge < -0.3 is 4.57 Å². The van der Waals surface area contributed by atoms with Crippen molar-refractivity contribution in [2.45, 2.75) is 18.1 Å². The molecule has 0 aliphatic heterocycles. The third-order valence-corrected chi connectivity index (χ3v) is 8.07. The summed E-state index contributed by atoms with van der Waals surface area (Å²) in [5.74, 6) is -0.453. The minimum atomic E-state index is -3.37. The molecule has 0 atom stereocenters. The molecule has 0 unspecified atom stereocenters. The Morgan fingerprint density at radius 3 is 2.53 bits per heavy atom. The van der Waals surface area contributed by atoms with Gasteiger partial charge >= 0.3 is 0 Å². The third kappa shape index (κ3) is 3.40. The molecule has 1 saturated carbocycles. The number of nitrogens with one attached hydrogen (secondary N) is 1. The highest BCUT2D eigenvalue weighted by molar-refractivity contribution is 7.93. The van der Waals surface area contributed by atoms with E-state index in [-0.39, 0.29) is 5.25 Å². The van der Waals surface area contributed by atoms with Gasteiger partial charge in [-0.2, -0.15) is 0 Å². The maximum Gasteiger partial charge on any atom is 0.235 e. The third-order valence-electron chi connectivity index (χ3n) is 6.20. The molecule has 5 aromatic rings. The first-order valence-electron chi connectivity index (χ1n) is 10.9. The molecule has 0 radical (unpaired) electrons. The summed E-state index contributed by atoms with van der Waals surface area (Å²) in [6.45, 7) is 0. The van der Waals surface area contributed by atoms with Gasteiger partial charge in [0, 0.05) is 47.0 Å². The van der Waals surface area contributed by atoms with E-state index in [4.69, 9.17) is 0 Å². The summed E-state index contributed by atoms with van der Waals surface area (Å²) in [5, 5.41) is 1.19. The SMILES string of the molecule is Cn1c2cnc(-c3cccnc3)cc2c2c(-c3ccc(NS(=O)(=O)C4CC4)cc3)c(F)cnc21. The van der Waals surface area contributed by atoms with Gasteiger partial charge in [-0.05, 0) is 48.7 Å². The zero-order chi connectivity index (χ0) is 23.4. The smallest absolute Gasteiger partial charge is 0.235 e. The lowest BCUT2D eigenvalue weighted by atomic mass is 10.0. The number of aromatic nitrogens is 4. The summed E-state index contributed by atoms with van der Waals surface area (Å²) < 4.78 is 44.3. The molecule has 4 aromatic heterocycles. The van der Waals surface area contributed by atoms with E-state index >= 15 is 4.39 Å². The van der Waals surface area contributed by atoms with E-state index in [0.29, 0.717) is 40.7 Å². The minimum Gasteiger partial charge on any atom is -0.327 e. The van der Waals surface area contributed by atoms with Gasteiger partial charge in [0.25, 0.3) is 0 Å². The fourth-order valence-electron chi connectivity index (χ4n) is 4.30. The molecule has 6 rings (SSSR count). The predicted molar refractivity (Wildman–Crippen MR) is 130 cm³/mol. The summed E-state index contributed by atoms with van der Waals surface area (Å²) in [4.78, 5) is 13.1. The Morgan fingerprint density at radius 1 is 1.03 bits per heavy atom. The molecule has 0 amide bonds. The largest absolute Gasteiger partial charge is 0.327 e. The van der Waals surface area contributed by atoms with Gasteiger partial charge in [-0.15, -0.1) is 0 Å². The first kappa shape index (κ1) is 20.7. The zero-order valence-electron chi connectivity index (χ0n) is 18.2. The number of hydrogen-bond donors (Lipinski definition) is 1. The summed E-state index contributed by atoms with van der Waals surface area (Å²) in [7, 11) is -1.49. The molecule has 170 valence electrons. The van der Waals surface area contributed by atoms with E-state index in [9.17, 15) is 8.42 Å². The molecule has 34 heavy (non-hydrogen) atoms. The minimum absolute atomic E-state index is 0.317. The standard InChI is InChI=1S/C25H20FN5O2S/c1-31-22-14-28-21(16-3-2-10-27-12-16)11-19(22)24-23(20(26)13-29-25(24)31)15-4-6-17(7-5-15)30-34(32,33)18-8-9-18/h2-7,10-14,18,30H,8-9H2,1H3. The van der Waals surface area contributed by atoms with Crippen LogP contribution < -0.4 is 4.72 Å². The molecular weight excluding hydrogens is 453 g/mol. The second-order valence-electron chi connectivity index (χ2n) is 8.49. The average Bonchev–Trinajstić information content (AvgIpc) is 3.67. The molecule has 1 aliphatic rings. The van der Waals surface area contributed by atoms with Crippen LogP contribution in [0.25, 0.3) is 44.3 Å². The summed E-state index contributed by atoms with van der Waals surface area (Å²) in [6, 6.07) is 12.5. The van der Waals surface area contributed by atoms with Gasteiger partial charge in [0.15, 0.2) is 0 Å². The topological polar surface area (TPSA) is 89.8 Å². The number of nitrogens with zero attached hydrogens (tertiary/aromatic N) is 4. The van der Waals surface area contributed by atoms with Gasteiger partial charge in [-0.1, -0.05) is 12.1 Å². The zero-order valence-corrected chi connectivity index (χ0v) is 19.1. The van der Waals surface area contributed by atoms with Gasteiger partial charge in [0.1, 0.15) is 11.5 Å². The Labute approximate surface area is 195 Å². The van der Waals surface area contributed by atoms with Crippen molar-refractivity contribution in [3.05, 3.63) is 73.1 Å². The first-order valence-corrected chi connectivity index (χ1v) is 12.4. The number of fused-ring (bicyclic) bond motifs is 3. The van der Waals surface area contributed by atoms with E-state index in [1.54, 1.807) is 42.9 Å². The summed E-state index contributed by atoms with van der Waals surface area (Å²) >= 11 is 0. The van der Waals surface area contributed by atoms with Crippen LogP contribution in [0, 0.1) is 5.82 Å². The lowest BCUT2D eigenvalue weighted by Crippen LogP contribution is -2.17. The van der Waals surface area contributed by atoms with Crippen molar-refractivity contribution >= 4 is 37.6 Å². The van der Waals surface area contributed by atoms with E-state index in [1.807, 2.05) is 29.8 Å². The fraction of sp³-hybridized carbons (Fsp3) is 0.160.